The van der Waals surface area contributed by atoms with Crippen LogP contribution in [0.15, 0.2) is 23.8 Å². The van der Waals surface area contributed by atoms with Crippen LogP contribution in [0.2, 0.25) is 0 Å². The van der Waals surface area contributed by atoms with E-state index in [0.717, 1.165) is 12.0 Å². The van der Waals surface area contributed by atoms with Crippen LogP contribution < -0.4 is 0 Å². The highest BCUT2D eigenvalue weighted by atomic mass is 16.5. The van der Waals surface area contributed by atoms with Gasteiger partial charge < -0.3 is 4.74 Å². The van der Waals surface area contributed by atoms with E-state index in [1.807, 2.05) is 6.92 Å². The summed E-state index contributed by atoms with van der Waals surface area (Å²) in [6.45, 7) is 4.18. The third kappa shape index (κ3) is 7.59. The van der Waals surface area contributed by atoms with Crippen molar-refractivity contribution in [2.45, 2.75) is 39.5 Å². The molecule has 0 aliphatic rings. The summed E-state index contributed by atoms with van der Waals surface area (Å²) < 4.78 is 4.49. The molecule has 0 saturated heterocycles. The van der Waals surface area contributed by atoms with E-state index in [2.05, 4.69) is 17.7 Å². The number of allylic oxidation sites excluding steroid dienone is 3. The summed E-state index contributed by atoms with van der Waals surface area (Å²) in [6.07, 6.45) is 10.2. The molecule has 0 fully saturated rings. The second-order valence-corrected chi connectivity index (χ2v) is 3.30. The summed E-state index contributed by atoms with van der Waals surface area (Å²) >= 11 is 0. The predicted molar refractivity (Wildman–Crippen MR) is 59.1 cm³/mol. The Kier molecular flexibility index (Phi) is 7.90. The summed E-state index contributed by atoms with van der Waals surface area (Å²) in [5, 5.41) is 0. The molecule has 0 amide bonds. The van der Waals surface area contributed by atoms with Gasteiger partial charge in [0.05, 0.1) is 7.11 Å². The molecule has 0 aromatic rings. The molecule has 14 heavy (non-hydrogen) atoms. The normalized spacial score (nSPS) is 12.1. The van der Waals surface area contributed by atoms with Crippen molar-refractivity contribution in [1.82, 2.24) is 0 Å². The summed E-state index contributed by atoms with van der Waals surface area (Å²) in [4.78, 5) is 10.8. The number of carbonyl (C=O) groups is 1. The Hall–Kier alpha value is -1.05. The van der Waals surface area contributed by atoms with Gasteiger partial charge in [-0.25, -0.2) is 4.79 Å². The molecule has 2 nitrogen and oxygen atoms in total. The van der Waals surface area contributed by atoms with Crippen molar-refractivity contribution >= 4 is 5.97 Å². The zero-order valence-corrected chi connectivity index (χ0v) is 9.38. The third-order valence-corrected chi connectivity index (χ3v) is 1.96. The van der Waals surface area contributed by atoms with Gasteiger partial charge >= 0.3 is 5.97 Å². The van der Waals surface area contributed by atoms with Gasteiger partial charge in [0, 0.05) is 6.08 Å². The first-order chi connectivity index (χ1) is 6.70. The number of rotatable bonds is 6. The monoisotopic (exact) mass is 196 g/mol. The fourth-order valence-corrected chi connectivity index (χ4v) is 1.06. The van der Waals surface area contributed by atoms with Gasteiger partial charge in [0.25, 0.3) is 0 Å². The summed E-state index contributed by atoms with van der Waals surface area (Å²) in [5.74, 6) is -0.300. The summed E-state index contributed by atoms with van der Waals surface area (Å²) in [5.41, 5.74) is 1.12. The number of esters is 1. The number of hydrogen-bond donors (Lipinski definition) is 0. The van der Waals surface area contributed by atoms with Crippen LogP contribution in [0, 0.1) is 0 Å². The van der Waals surface area contributed by atoms with Gasteiger partial charge in [-0.1, -0.05) is 37.5 Å². The second-order valence-electron chi connectivity index (χ2n) is 3.30. The van der Waals surface area contributed by atoms with Crippen molar-refractivity contribution in [2.24, 2.45) is 0 Å². The molecule has 0 N–H and O–H groups in total. The number of hydrogen-bond acceptors (Lipinski definition) is 2. The number of unbranched alkanes of at least 4 members (excludes halogenated alkanes) is 3. The smallest absolute Gasteiger partial charge is 0.330 e. The van der Waals surface area contributed by atoms with Crippen molar-refractivity contribution in [1.29, 1.82) is 0 Å². The average Bonchev–Trinajstić information content (AvgIpc) is 2.21. The van der Waals surface area contributed by atoms with E-state index < -0.39 is 0 Å². The van der Waals surface area contributed by atoms with Gasteiger partial charge in [0.1, 0.15) is 0 Å². The minimum absolute atomic E-state index is 0.300. The van der Waals surface area contributed by atoms with E-state index in [1.54, 1.807) is 6.08 Å². The molecule has 80 valence electrons. The Morgan fingerprint density at radius 1 is 1.29 bits per heavy atom. The van der Waals surface area contributed by atoms with E-state index >= 15 is 0 Å². The molecule has 0 aliphatic heterocycles. The molecule has 0 heterocycles. The van der Waals surface area contributed by atoms with Gasteiger partial charge in [-0.05, 0) is 19.8 Å². The minimum Gasteiger partial charge on any atom is -0.466 e. The van der Waals surface area contributed by atoms with Crippen molar-refractivity contribution in [3.63, 3.8) is 0 Å². The molecule has 0 aromatic heterocycles. The van der Waals surface area contributed by atoms with Crippen LogP contribution in [0.1, 0.15) is 39.5 Å². The van der Waals surface area contributed by atoms with Gasteiger partial charge in [-0.2, -0.15) is 0 Å². The van der Waals surface area contributed by atoms with E-state index in [0.29, 0.717) is 0 Å². The lowest BCUT2D eigenvalue weighted by Gasteiger charge is -1.94. The largest absolute Gasteiger partial charge is 0.466 e. The molecule has 0 unspecified atom stereocenters. The molecular weight excluding hydrogens is 176 g/mol. The zero-order valence-electron chi connectivity index (χ0n) is 9.38. The van der Waals surface area contributed by atoms with Crippen molar-refractivity contribution in [2.75, 3.05) is 7.11 Å². The highest BCUT2D eigenvalue weighted by molar-refractivity contribution is 5.82. The fraction of sp³-hybridized carbons (Fsp3) is 0.583. The quantitative estimate of drug-likeness (QED) is 0.282. The molecule has 2 heteroatoms. The molecule has 0 rings (SSSR count). The highest BCUT2D eigenvalue weighted by Gasteiger charge is 1.90. The van der Waals surface area contributed by atoms with E-state index in [4.69, 9.17) is 0 Å². The Bertz CT molecular complexity index is 214. The average molecular weight is 196 g/mol. The minimum atomic E-state index is -0.300. The second kappa shape index (κ2) is 8.54. The van der Waals surface area contributed by atoms with Crippen LogP contribution in [-0.2, 0) is 9.53 Å². The SMILES string of the molecule is CCCCC/C=C(C)/C=C/C(=O)OC. The Labute approximate surface area is 86.6 Å². The van der Waals surface area contributed by atoms with Crippen LogP contribution in [0.4, 0.5) is 0 Å². The van der Waals surface area contributed by atoms with Crippen LogP contribution in [0.5, 0.6) is 0 Å². The molecule has 0 saturated carbocycles. The van der Waals surface area contributed by atoms with Crippen molar-refractivity contribution in [3.05, 3.63) is 23.8 Å². The number of carbonyl (C=O) groups excluding carboxylic acids is 1. The number of methoxy groups -OCH3 is 1. The van der Waals surface area contributed by atoms with Gasteiger partial charge in [0.15, 0.2) is 0 Å². The lowest BCUT2D eigenvalue weighted by Crippen LogP contribution is -1.93. The van der Waals surface area contributed by atoms with Crippen LogP contribution >= 0.6 is 0 Å². The first-order valence-corrected chi connectivity index (χ1v) is 5.13. The standard InChI is InChI=1S/C12H20O2/c1-4-5-6-7-8-11(2)9-10-12(13)14-3/h8-10H,4-7H2,1-3H3/b10-9+,11-8+. The molecular formula is C12H20O2. The maximum atomic E-state index is 10.8. The Balaban J connectivity index is 3.76. The lowest BCUT2D eigenvalue weighted by molar-refractivity contribution is -0.134. The maximum absolute atomic E-state index is 10.8. The van der Waals surface area contributed by atoms with Gasteiger partial charge in [0.2, 0.25) is 0 Å². The first-order valence-electron chi connectivity index (χ1n) is 5.13. The lowest BCUT2D eigenvalue weighted by atomic mass is 10.1. The van der Waals surface area contributed by atoms with Crippen LogP contribution in [0.25, 0.3) is 0 Å². The Morgan fingerprint density at radius 3 is 2.57 bits per heavy atom. The number of ether oxygens (including phenoxy) is 1. The maximum Gasteiger partial charge on any atom is 0.330 e. The van der Waals surface area contributed by atoms with E-state index in [-0.39, 0.29) is 5.97 Å². The predicted octanol–water partition coefficient (Wildman–Crippen LogP) is 3.24. The Morgan fingerprint density at radius 2 is 2.00 bits per heavy atom. The van der Waals surface area contributed by atoms with Crippen LogP contribution in [-0.4, -0.2) is 13.1 Å². The molecule has 0 spiro atoms. The highest BCUT2D eigenvalue weighted by Crippen LogP contribution is 2.04. The van der Waals surface area contributed by atoms with Gasteiger partial charge in [-0.15, -0.1) is 0 Å². The summed E-state index contributed by atoms with van der Waals surface area (Å²) in [7, 11) is 1.38. The first kappa shape index (κ1) is 12.9. The van der Waals surface area contributed by atoms with E-state index in [1.165, 1.54) is 32.4 Å². The molecule has 0 aromatic carbocycles. The molecule has 0 atom stereocenters. The van der Waals surface area contributed by atoms with E-state index in [9.17, 15) is 4.79 Å². The van der Waals surface area contributed by atoms with Crippen molar-refractivity contribution in [3.8, 4) is 0 Å². The fourth-order valence-electron chi connectivity index (χ4n) is 1.06. The molecule has 0 bridgehead atoms. The van der Waals surface area contributed by atoms with Crippen molar-refractivity contribution < 1.29 is 9.53 Å². The summed E-state index contributed by atoms with van der Waals surface area (Å²) in [6, 6.07) is 0. The topological polar surface area (TPSA) is 26.3 Å². The van der Waals surface area contributed by atoms with Gasteiger partial charge in [-0.3, -0.25) is 0 Å². The molecule has 0 aliphatic carbocycles. The molecule has 0 radical (unpaired) electrons. The third-order valence-electron chi connectivity index (χ3n) is 1.96. The van der Waals surface area contributed by atoms with Crippen LogP contribution in [0.3, 0.4) is 0 Å². The zero-order chi connectivity index (χ0) is 10.8.